The van der Waals surface area contributed by atoms with E-state index < -0.39 is 0 Å². The molecule has 7 heteroatoms. The first-order valence-electron chi connectivity index (χ1n) is 5.91. The molecule has 1 unspecified atom stereocenters. The summed E-state index contributed by atoms with van der Waals surface area (Å²) in [6.07, 6.45) is 3.61. The van der Waals surface area contributed by atoms with Gasteiger partial charge in [0.05, 0.1) is 13.2 Å². The standard InChI is InChI=1S/C13H14Cl2N4O/c1-20-13-12(17-5-6-18-13)11(19-16)7-8-9(14)3-2-4-10(8)15/h2-6,11,19H,7,16H2,1H3. The second-order valence-electron chi connectivity index (χ2n) is 4.07. The van der Waals surface area contributed by atoms with Crippen LogP contribution in [0.15, 0.2) is 30.6 Å². The zero-order valence-electron chi connectivity index (χ0n) is 10.8. The van der Waals surface area contributed by atoms with Crippen LogP contribution in [0.3, 0.4) is 0 Å². The number of ether oxygens (including phenoxy) is 1. The predicted molar refractivity (Wildman–Crippen MR) is 78.8 cm³/mol. The van der Waals surface area contributed by atoms with Gasteiger partial charge in [0.15, 0.2) is 0 Å². The normalized spacial score (nSPS) is 12.2. The average molecular weight is 313 g/mol. The number of hydrogen-bond donors (Lipinski definition) is 2. The number of benzene rings is 1. The summed E-state index contributed by atoms with van der Waals surface area (Å²) in [4.78, 5) is 8.37. The lowest BCUT2D eigenvalue weighted by Crippen LogP contribution is -2.31. The van der Waals surface area contributed by atoms with Gasteiger partial charge in [-0.25, -0.2) is 4.98 Å². The number of methoxy groups -OCH3 is 1. The van der Waals surface area contributed by atoms with Crippen molar-refractivity contribution in [3.05, 3.63) is 51.9 Å². The second-order valence-corrected chi connectivity index (χ2v) is 4.89. The molecule has 2 aromatic rings. The molecule has 1 aromatic carbocycles. The molecule has 0 fully saturated rings. The molecule has 0 aliphatic rings. The molecule has 0 saturated heterocycles. The average Bonchev–Trinajstić information content (AvgIpc) is 2.47. The first-order valence-corrected chi connectivity index (χ1v) is 6.67. The number of aromatic nitrogens is 2. The van der Waals surface area contributed by atoms with Crippen molar-refractivity contribution in [3.8, 4) is 5.88 Å². The van der Waals surface area contributed by atoms with Crippen LogP contribution in [0.4, 0.5) is 0 Å². The Bertz CT molecular complexity index is 574. The van der Waals surface area contributed by atoms with E-state index in [2.05, 4.69) is 15.4 Å². The zero-order valence-corrected chi connectivity index (χ0v) is 12.3. The summed E-state index contributed by atoms with van der Waals surface area (Å²) in [6.45, 7) is 0. The van der Waals surface area contributed by atoms with Crippen molar-refractivity contribution >= 4 is 23.2 Å². The summed E-state index contributed by atoms with van der Waals surface area (Å²) < 4.78 is 5.19. The lowest BCUT2D eigenvalue weighted by atomic mass is 10.0. The van der Waals surface area contributed by atoms with Gasteiger partial charge >= 0.3 is 0 Å². The van der Waals surface area contributed by atoms with Crippen LogP contribution in [0.1, 0.15) is 17.3 Å². The van der Waals surface area contributed by atoms with Crippen molar-refractivity contribution in [3.63, 3.8) is 0 Å². The van der Waals surface area contributed by atoms with Gasteiger partial charge in [0.1, 0.15) is 5.69 Å². The third kappa shape index (κ3) is 3.19. The minimum Gasteiger partial charge on any atom is -0.480 e. The third-order valence-electron chi connectivity index (χ3n) is 2.89. The minimum atomic E-state index is -0.309. The highest BCUT2D eigenvalue weighted by Crippen LogP contribution is 2.30. The van der Waals surface area contributed by atoms with Crippen molar-refractivity contribution in [2.24, 2.45) is 5.84 Å². The van der Waals surface area contributed by atoms with E-state index in [4.69, 9.17) is 33.8 Å². The quantitative estimate of drug-likeness (QED) is 0.655. The Morgan fingerprint density at radius 3 is 2.50 bits per heavy atom. The van der Waals surface area contributed by atoms with Crippen LogP contribution in [0.5, 0.6) is 5.88 Å². The first-order chi connectivity index (χ1) is 9.67. The molecule has 0 saturated carbocycles. The van der Waals surface area contributed by atoms with E-state index in [1.54, 1.807) is 30.6 Å². The molecule has 0 aliphatic heterocycles. The molecule has 106 valence electrons. The third-order valence-corrected chi connectivity index (χ3v) is 3.59. The molecule has 0 bridgehead atoms. The Balaban J connectivity index is 2.34. The van der Waals surface area contributed by atoms with Gasteiger partial charge in [-0.3, -0.25) is 16.3 Å². The van der Waals surface area contributed by atoms with Crippen LogP contribution in [-0.2, 0) is 6.42 Å². The lowest BCUT2D eigenvalue weighted by Gasteiger charge is -2.18. The maximum Gasteiger partial charge on any atom is 0.237 e. The fourth-order valence-electron chi connectivity index (χ4n) is 1.90. The van der Waals surface area contributed by atoms with Crippen molar-refractivity contribution < 1.29 is 4.74 Å². The number of halogens is 2. The van der Waals surface area contributed by atoms with E-state index in [0.29, 0.717) is 28.0 Å². The molecule has 1 atom stereocenters. The Morgan fingerprint density at radius 1 is 1.25 bits per heavy atom. The molecule has 0 radical (unpaired) electrons. The number of nitrogens with one attached hydrogen (secondary N) is 1. The predicted octanol–water partition coefficient (Wildman–Crippen LogP) is 2.54. The van der Waals surface area contributed by atoms with Crippen LogP contribution < -0.4 is 16.0 Å². The van der Waals surface area contributed by atoms with Crippen LogP contribution >= 0.6 is 23.2 Å². The van der Waals surface area contributed by atoms with E-state index in [0.717, 1.165) is 5.56 Å². The van der Waals surface area contributed by atoms with Gasteiger partial charge in [-0.2, -0.15) is 0 Å². The summed E-state index contributed by atoms with van der Waals surface area (Å²) in [5, 5.41) is 1.17. The fraction of sp³-hybridized carbons (Fsp3) is 0.231. The molecule has 1 aromatic heterocycles. The Morgan fingerprint density at radius 2 is 1.90 bits per heavy atom. The van der Waals surface area contributed by atoms with Gasteiger partial charge in [0, 0.05) is 22.4 Å². The van der Waals surface area contributed by atoms with Gasteiger partial charge in [-0.15, -0.1) is 0 Å². The Labute approximate surface area is 127 Å². The molecule has 1 heterocycles. The van der Waals surface area contributed by atoms with Crippen LogP contribution in [0, 0.1) is 0 Å². The van der Waals surface area contributed by atoms with Gasteiger partial charge in [-0.1, -0.05) is 29.3 Å². The molecule has 5 nitrogen and oxygen atoms in total. The summed E-state index contributed by atoms with van der Waals surface area (Å²) in [5.74, 6) is 6.03. The summed E-state index contributed by atoms with van der Waals surface area (Å²) >= 11 is 12.3. The van der Waals surface area contributed by atoms with Gasteiger partial charge < -0.3 is 4.74 Å². The Hall–Kier alpha value is -1.40. The summed E-state index contributed by atoms with van der Waals surface area (Å²) in [5.41, 5.74) is 4.10. The van der Waals surface area contributed by atoms with Gasteiger partial charge in [0.25, 0.3) is 0 Å². The van der Waals surface area contributed by atoms with Crippen LogP contribution in [-0.4, -0.2) is 17.1 Å². The van der Waals surface area contributed by atoms with Crippen molar-refractivity contribution in [1.29, 1.82) is 0 Å². The molecule has 3 N–H and O–H groups in total. The molecular weight excluding hydrogens is 299 g/mol. The topological polar surface area (TPSA) is 73.1 Å². The van der Waals surface area contributed by atoms with Crippen LogP contribution in [0.2, 0.25) is 10.0 Å². The molecular formula is C13H14Cl2N4O. The first kappa shape index (κ1) is 15.0. The number of hydrazine groups is 1. The fourth-order valence-corrected chi connectivity index (χ4v) is 2.45. The molecule has 20 heavy (non-hydrogen) atoms. The number of nitrogens with two attached hydrogens (primary N) is 1. The smallest absolute Gasteiger partial charge is 0.237 e. The van der Waals surface area contributed by atoms with Gasteiger partial charge in [0.2, 0.25) is 5.88 Å². The molecule has 0 spiro atoms. The molecule has 0 amide bonds. The summed E-state index contributed by atoms with van der Waals surface area (Å²) in [7, 11) is 1.53. The number of hydrogen-bond acceptors (Lipinski definition) is 5. The van der Waals surface area contributed by atoms with Crippen molar-refractivity contribution in [1.82, 2.24) is 15.4 Å². The molecule has 0 aliphatic carbocycles. The minimum absolute atomic E-state index is 0.309. The van der Waals surface area contributed by atoms with E-state index in [9.17, 15) is 0 Å². The lowest BCUT2D eigenvalue weighted by molar-refractivity contribution is 0.377. The highest BCUT2D eigenvalue weighted by molar-refractivity contribution is 6.36. The van der Waals surface area contributed by atoms with E-state index >= 15 is 0 Å². The van der Waals surface area contributed by atoms with Crippen LogP contribution in [0.25, 0.3) is 0 Å². The van der Waals surface area contributed by atoms with E-state index in [-0.39, 0.29) is 6.04 Å². The maximum absolute atomic E-state index is 6.17. The largest absolute Gasteiger partial charge is 0.480 e. The Kier molecular flexibility index (Phi) is 5.14. The van der Waals surface area contributed by atoms with E-state index in [1.165, 1.54) is 7.11 Å². The highest BCUT2D eigenvalue weighted by Gasteiger charge is 2.20. The number of nitrogens with zero attached hydrogens (tertiary/aromatic N) is 2. The SMILES string of the molecule is COc1nccnc1C(Cc1c(Cl)cccc1Cl)NN. The van der Waals surface area contributed by atoms with Gasteiger partial charge in [-0.05, 0) is 24.1 Å². The number of rotatable bonds is 5. The van der Waals surface area contributed by atoms with Crippen molar-refractivity contribution in [2.45, 2.75) is 12.5 Å². The maximum atomic E-state index is 6.17. The molecule has 2 rings (SSSR count). The monoisotopic (exact) mass is 312 g/mol. The second kappa shape index (κ2) is 6.85. The zero-order chi connectivity index (χ0) is 14.5. The van der Waals surface area contributed by atoms with Crippen molar-refractivity contribution in [2.75, 3.05) is 7.11 Å². The van der Waals surface area contributed by atoms with E-state index in [1.807, 2.05) is 0 Å². The summed E-state index contributed by atoms with van der Waals surface area (Å²) in [6, 6.07) is 5.05. The highest BCUT2D eigenvalue weighted by atomic mass is 35.5.